The number of nitrogens with zero attached hydrogens (tertiary/aromatic N) is 1. The van der Waals surface area contributed by atoms with Crippen LogP contribution in [-0.2, 0) is 9.53 Å². The van der Waals surface area contributed by atoms with Crippen molar-refractivity contribution in [3.05, 3.63) is 57.0 Å². The second-order valence-electron chi connectivity index (χ2n) is 6.67. The molecular weight excluding hydrogens is 438 g/mol. The fourth-order valence-corrected chi connectivity index (χ4v) is 2.71. The van der Waals surface area contributed by atoms with Crippen LogP contribution in [0.3, 0.4) is 0 Å². The van der Waals surface area contributed by atoms with Gasteiger partial charge in [0.25, 0.3) is 5.91 Å². The molecule has 0 saturated heterocycles. The van der Waals surface area contributed by atoms with Crippen LogP contribution in [0.4, 0.5) is 0 Å². The number of hydrogen-bond donors (Lipinski definition) is 4. The number of carbonyl (C=O) groups is 1. The van der Waals surface area contributed by atoms with Gasteiger partial charge < -0.3 is 26.2 Å². The summed E-state index contributed by atoms with van der Waals surface area (Å²) in [6, 6.07) is 5.09. The van der Waals surface area contributed by atoms with E-state index in [2.05, 4.69) is 15.6 Å². The van der Waals surface area contributed by atoms with Gasteiger partial charge in [0.15, 0.2) is 0 Å². The summed E-state index contributed by atoms with van der Waals surface area (Å²) in [6.45, 7) is 6.19. The van der Waals surface area contributed by atoms with Crippen LogP contribution in [0.5, 0.6) is 0 Å². The zero-order chi connectivity index (χ0) is 23.4. The third-order valence-corrected chi connectivity index (χ3v) is 5.12. The quantitative estimate of drug-likeness (QED) is 0.215. The lowest BCUT2D eigenvalue weighted by Gasteiger charge is -2.22. The Morgan fingerprint density at radius 2 is 2.03 bits per heavy atom. The number of hydrogen-bond acceptors (Lipinski definition) is 6. The van der Waals surface area contributed by atoms with Crippen molar-refractivity contribution in [2.45, 2.75) is 33.1 Å². The topological polar surface area (TPSA) is 109 Å². The first kappa shape index (κ1) is 27.0. The number of carbonyl (C=O) groups excluding carboxylic acids is 1. The first-order valence-corrected chi connectivity index (χ1v) is 10.6. The van der Waals surface area contributed by atoms with E-state index in [0.717, 1.165) is 5.57 Å². The number of aliphatic hydroxyl groups is 1. The van der Waals surface area contributed by atoms with Crippen molar-refractivity contribution in [3.8, 4) is 0 Å². The summed E-state index contributed by atoms with van der Waals surface area (Å²) in [5, 5.41) is 15.5. The van der Waals surface area contributed by atoms with E-state index in [-0.39, 0.29) is 32.1 Å². The molecular formula is C21H29BCl2N4O3. The Morgan fingerprint density at radius 1 is 1.32 bits per heavy atom. The standard InChI is InChI=1S/C21H29BCl2N4O3/c1-4-13(2)20(27-19(22)15-5-6-16(23)17(24)11-15)28-21(30)18(14(3)12-25)26-7-9-31-10-8-29/h5-6,11-12,19,27,29H,4,7-10,25H2,1-3H3,(H,28,30)/b14-12-,20-13?,26-18?. The Morgan fingerprint density at radius 3 is 2.61 bits per heavy atom. The highest BCUT2D eigenvalue weighted by molar-refractivity contribution is 6.45. The van der Waals surface area contributed by atoms with Gasteiger partial charge >= 0.3 is 0 Å². The first-order valence-electron chi connectivity index (χ1n) is 9.85. The molecule has 1 unspecified atom stereocenters. The van der Waals surface area contributed by atoms with Gasteiger partial charge in [-0.1, -0.05) is 36.2 Å². The van der Waals surface area contributed by atoms with Crippen LogP contribution in [0.2, 0.25) is 10.0 Å². The Bertz CT molecular complexity index is 844. The van der Waals surface area contributed by atoms with Gasteiger partial charge in [0.1, 0.15) is 19.4 Å². The van der Waals surface area contributed by atoms with Gasteiger partial charge in [-0.3, -0.25) is 9.79 Å². The van der Waals surface area contributed by atoms with Gasteiger partial charge in [-0.2, -0.15) is 0 Å². The second kappa shape index (κ2) is 14.1. The molecule has 1 rings (SSSR count). The molecule has 1 atom stereocenters. The maximum Gasteiger partial charge on any atom is 0.275 e. The number of aliphatic imine (C=N–C) groups is 1. The van der Waals surface area contributed by atoms with E-state index in [1.165, 1.54) is 6.20 Å². The zero-order valence-corrected chi connectivity index (χ0v) is 19.6. The minimum atomic E-state index is -0.634. The number of allylic oxidation sites excluding steroid dienone is 1. The summed E-state index contributed by atoms with van der Waals surface area (Å²) in [5.41, 5.74) is 7.90. The molecule has 1 aromatic carbocycles. The van der Waals surface area contributed by atoms with E-state index in [4.69, 9.17) is 46.6 Å². The van der Waals surface area contributed by atoms with E-state index in [9.17, 15) is 4.79 Å². The molecule has 0 aromatic heterocycles. The van der Waals surface area contributed by atoms with Crippen molar-refractivity contribution >= 4 is 42.7 Å². The molecule has 1 aromatic rings. The SMILES string of the molecule is [B]C(NC(NC(=O)C(=NCCOCCO)/C(C)=C\N)=C(C)CC)c1ccc(Cl)c(Cl)c1. The average molecular weight is 467 g/mol. The number of halogens is 2. The first-order chi connectivity index (χ1) is 14.7. The van der Waals surface area contributed by atoms with Gasteiger partial charge in [0, 0.05) is 5.94 Å². The molecule has 0 aliphatic rings. The minimum Gasteiger partial charge on any atom is -0.404 e. The average Bonchev–Trinajstić information content (AvgIpc) is 2.76. The monoisotopic (exact) mass is 466 g/mol. The second-order valence-corrected chi connectivity index (χ2v) is 7.49. The van der Waals surface area contributed by atoms with Crippen molar-refractivity contribution in [1.29, 1.82) is 0 Å². The zero-order valence-electron chi connectivity index (χ0n) is 18.0. The number of nitrogens with two attached hydrogens (primary N) is 1. The lowest BCUT2D eigenvalue weighted by atomic mass is 9.89. The number of aliphatic hydroxyl groups excluding tert-OH is 1. The van der Waals surface area contributed by atoms with Gasteiger partial charge in [-0.05, 0) is 55.3 Å². The molecule has 7 nitrogen and oxygen atoms in total. The summed E-state index contributed by atoms with van der Waals surface area (Å²) in [5.74, 6) is -0.594. The predicted octanol–water partition coefficient (Wildman–Crippen LogP) is 2.82. The van der Waals surface area contributed by atoms with Crippen LogP contribution in [0.1, 0.15) is 38.7 Å². The molecule has 0 fully saturated rings. The molecule has 0 aliphatic carbocycles. The minimum absolute atomic E-state index is 0.0754. The van der Waals surface area contributed by atoms with Crippen molar-refractivity contribution in [3.63, 3.8) is 0 Å². The van der Waals surface area contributed by atoms with Crippen molar-refractivity contribution in [2.75, 3.05) is 26.4 Å². The largest absolute Gasteiger partial charge is 0.404 e. The third kappa shape index (κ3) is 8.95. The van der Waals surface area contributed by atoms with E-state index >= 15 is 0 Å². The smallest absolute Gasteiger partial charge is 0.275 e. The summed E-state index contributed by atoms with van der Waals surface area (Å²) >= 11 is 12.1. The van der Waals surface area contributed by atoms with Gasteiger partial charge in [0.2, 0.25) is 0 Å². The highest BCUT2D eigenvalue weighted by Gasteiger charge is 2.17. The molecule has 10 heteroatoms. The van der Waals surface area contributed by atoms with Crippen LogP contribution in [0.25, 0.3) is 0 Å². The Kier molecular flexibility index (Phi) is 12.3. The van der Waals surface area contributed by atoms with Crippen LogP contribution < -0.4 is 16.4 Å². The highest BCUT2D eigenvalue weighted by Crippen LogP contribution is 2.25. The Balaban J connectivity index is 3.01. The molecule has 31 heavy (non-hydrogen) atoms. The van der Waals surface area contributed by atoms with Crippen LogP contribution in [-0.4, -0.2) is 50.9 Å². The summed E-state index contributed by atoms with van der Waals surface area (Å²) < 4.78 is 5.18. The molecule has 0 bridgehead atoms. The number of rotatable bonds is 12. The lowest BCUT2D eigenvalue weighted by molar-refractivity contribution is -0.114. The van der Waals surface area contributed by atoms with Crippen LogP contribution in [0.15, 0.2) is 46.4 Å². The fourth-order valence-electron chi connectivity index (χ4n) is 2.40. The molecule has 168 valence electrons. The third-order valence-electron chi connectivity index (χ3n) is 4.38. The maximum absolute atomic E-state index is 12.9. The van der Waals surface area contributed by atoms with E-state index in [0.29, 0.717) is 33.4 Å². The number of benzene rings is 1. The van der Waals surface area contributed by atoms with Gasteiger partial charge in [-0.15, -0.1) is 0 Å². The normalized spacial score (nSPS) is 14.1. The fraction of sp³-hybridized carbons (Fsp3) is 0.429. The summed E-state index contributed by atoms with van der Waals surface area (Å²) in [6.07, 6.45) is 2.00. The van der Waals surface area contributed by atoms with Crippen molar-refractivity contribution < 1.29 is 14.6 Å². The van der Waals surface area contributed by atoms with E-state index in [1.807, 2.05) is 13.8 Å². The van der Waals surface area contributed by atoms with Crippen molar-refractivity contribution in [1.82, 2.24) is 10.6 Å². The van der Waals surface area contributed by atoms with Crippen LogP contribution >= 0.6 is 23.2 Å². The van der Waals surface area contributed by atoms with Crippen molar-refractivity contribution in [2.24, 2.45) is 10.7 Å². The Labute approximate surface area is 195 Å². The summed E-state index contributed by atoms with van der Waals surface area (Å²) in [7, 11) is 6.27. The molecule has 0 saturated carbocycles. The van der Waals surface area contributed by atoms with Crippen LogP contribution in [0, 0.1) is 0 Å². The molecule has 1 amide bonds. The van der Waals surface area contributed by atoms with Gasteiger partial charge in [0.05, 0.1) is 36.4 Å². The maximum atomic E-state index is 12.9. The molecule has 0 spiro atoms. The van der Waals surface area contributed by atoms with Gasteiger partial charge in [-0.25, -0.2) is 0 Å². The lowest BCUT2D eigenvalue weighted by Crippen LogP contribution is -2.39. The van der Waals surface area contributed by atoms with E-state index < -0.39 is 11.8 Å². The molecule has 5 N–H and O–H groups in total. The predicted molar refractivity (Wildman–Crippen MR) is 127 cm³/mol. The number of ether oxygens (including phenoxy) is 1. The number of amides is 1. The molecule has 2 radical (unpaired) electrons. The number of nitrogens with one attached hydrogen (secondary N) is 2. The summed E-state index contributed by atoms with van der Waals surface area (Å²) in [4.78, 5) is 17.2. The van der Waals surface area contributed by atoms with E-state index in [1.54, 1.807) is 25.1 Å². The molecule has 0 aliphatic heterocycles. The molecule has 0 heterocycles. The highest BCUT2D eigenvalue weighted by atomic mass is 35.5. The Hall–Kier alpha value is -2.00.